The summed E-state index contributed by atoms with van der Waals surface area (Å²) in [6.45, 7) is 21.6. The second-order valence-corrected chi connectivity index (χ2v) is 11.6. The number of hydrogen-bond donors (Lipinski definition) is 0. The molecule has 0 saturated heterocycles. The van der Waals surface area contributed by atoms with Gasteiger partial charge >= 0.3 is 0 Å². The normalized spacial score (nSPS) is 22.9. The lowest BCUT2D eigenvalue weighted by molar-refractivity contribution is 0.231. The first kappa shape index (κ1) is 15.5. The lowest BCUT2D eigenvalue weighted by Gasteiger charge is -2.38. The molecule has 18 heavy (non-hydrogen) atoms. The summed E-state index contributed by atoms with van der Waals surface area (Å²) in [6.07, 6.45) is 5.40. The Balaban J connectivity index is 2.81. The van der Waals surface area contributed by atoms with Crippen LogP contribution < -0.4 is 0 Å². The summed E-state index contributed by atoms with van der Waals surface area (Å²) in [6, 6.07) is 0. The summed E-state index contributed by atoms with van der Waals surface area (Å²) in [5.41, 5.74) is 2.53. The van der Waals surface area contributed by atoms with Crippen LogP contribution in [0.5, 0.6) is 0 Å². The maximum Gasteiger partial charge on any atom is 0.192 e. The van der Waals surface area contributed by atoms with Gasteiger partial charge in [0.25, 0.3) is 0 Å². The van der Waals surface area contributed by atoms with Crippen molar-refractivity contribution in [3.8, 4) is 0 Å². The van der Waals surface area contributed by atoms with Gasteiger partial charge in [0.1, 0.15) is 0 Å². The van der Waals surface area contributed by atoms with E-state index >= 15 is 0 Å². The molecule has 0 fully saturated rings. The van der Waals surface area contributed by atoms with Gasteiger partial charge in [0.2, 0.25) is 0 Å². The molecule has 0 aromatic heterocycles. The second-order valence-electron chi connectivity index (χ2n) is 6.87. The van der Waals surface area contributed by atoms with Gasteiger partial charge in [-0.05, 0) is 35.2 Å². The highest BCUT2D eigenvalue weighted by molar-refractivity contribution is 6.74. The molecule has 0 heterocycles. The third-order valence-corrected chi connectivity index (χ3v) is 8.82. The Morgan fingerprint density at radius 3 is 2.44 bits per heavy atom. The molecule has 0 spiro atoms. The predicted octanol–water partition coefficient (Wildman–Crippen LogP) is 5.09. The summed E-state index contributed by atoms with van der Waals surface area (Å²) in [5.74, 6) is 0.380. The van der Waals surface area contributed by atoms with Crippen LogP contribution in [-0.4, -0.2) is 14.4 Å². The van der Waals surface area contributed by atoms with Crippen molar-refractivity contribution < 1.29 is 4.43 Å². The van der Waals surface area contributed by atoms with Gasteiger partial charge in [-0.3, -0.25) is 0 Å². The summed E-state index contributed by atoms with van der Waals surface area (Å²) >= 11 is 0. The fourth-order valence-electron chi connectivity index (χ4n) is 1.97. The van der Waals surface area contributed by atoms with E-state index in [0.717, 1.165) is 6.42 Å². The minimum atomic E-state index is -1.69. The molecule has 0 aliphatic heterocycles. The lowest BCUT2D eigenvalue weighted by atomic mass is 9.98. The Labute approximate surface area is 114 Å². The number of rotatable bonds is 4. The van der Waals surface area contributed by atoms with Crippen LogP contribution in [0.3, 0.4) is 0 Å². The highest BCUT2D eigenvalue weighted by Gasteiger charge is 2.39. The van der Waals surface area contributed by atoms with E-state index in [2.05, 4.69) is 60.0 Å². The van der Waals surface area contributed by atoms with E-state index in [-0.39, 0.29) is 11.1 Å². The second kappa shape index (κ2) is 5.18. The predicted molar refractivity (Wildman–Crippen MR) is 83.3 cm³/mol. The quantitative estimate of drug-likeness (QED) is 0.508. The van der Waals surface area contributed by atoms with Gasteiger partial charge in [0, 0.05) is 6.42 Å². The van der Waals surface area contributed by atoms with Crippen molar-refractivity contribution in [2.24, 2.45) is 5.92 Å². The summed E-state index contributed by atoms with van der Waals surface area (Å²) < 4.78 is 6.43. The van der Waals surface area contributed by atoms with Crippen LogP contribution in [0.25, 0.3) is 0 Å². The van der Waals surface area contributed by atoms with Gasteiger partial charge < -0.3 is 4.43 Å². The molecule has 1 aliphatic carbocycles. The van der Waals surface area contributed by atoms with E-state index in [1.54, 1.807) is 0 Å². The molecular formula is C16H28OSi. The van der Waals surface area contributed by atoms with E-state index < -0.39 is 8.32 Å². The molecule has 0 bridgehead atoms. The fourth-order valence-corrected chi connectivity index (χ4v) is 3.23. The van der Waals surface area contributed by atoms with E-state index in [9.17, 15) is 0 Å². The van der Waals surface area contributed by atoms with E-state index in [1.807, 2.05) is 6.08 Å². The average molecular weight is 264 g/mol. The Bertz CT molecular complexity index is 371. The average Bonchev–Trinajstić information content (AvgIpc) is 2.55. The standard InChI is InChI=1S/C16H28OSi/c1-9-12(2)15-11-14(10-13(15)3)17-18(7,8)16(4,5)6/h9,11-12,14H,1,3,10H2,2,4-8H3/t12?,14-/m1/s1. The van der Waals surface area contributed by atoms with E-state index in [1.165, 1.54) is 11.1 Å². The van der Waals surface area contributed by atoms with Gasteiger partial charge in [0.05, 0.1) is 6.10 Å². The van der Waals surface area contributed by atoms with Gasteiger partial charge in [-0.2, -0.15) is 0 Å². The van der Waals surface area contributed by atoms with Crippen LogP contribution in [0.2, 0.25) is 18.1 Å². The molecule has 0 amide bonds. The monoisotopic (exact) mass is 264 g/mol. The van der Waals surface area contributed by atoms with E-state index in [4.69, 9.17) is 4.43 Å². The Morgan fingerprint density at radius 2 is 2.00 bits per heavy atom. The third-order valence-electron chi connectivity index (χ3n) is 4.32. The smallest absolute Gasteiger partial charge is 0.192 e. The van der Waals surface area contributed by atoms with E-state index in [0.29, 0.717) is 5.92 Å². The molecule has 0 N–H and O–H groups in total. The largest absolute Gasteiger partial charge is 0.410 e. The molecule has 0 aromatic carbocycles. The summed E-state index contributed by atoms with van der Waals surface area (Å²) in [7, 11) is -1.69. The van der Waals surface area contributed by atoms with Crippen molar-refractivity contribution in [2.75, 3.05) is 0 Å². The Hall–Kier alpha value is -0.603. The first-order chi connectivity index (χ1) is 8.08. The molecular weight excluding hydrogens is 236 g/mol. The van der Waals surface area contributed by atoms with Gasteiger partial charge in [0.15, 0.2) is 8.32 Å². The highest BCUT2D eigenvalue weighted by Crippen LogP contribution is 2.40. The zero-order valence-electron chi connectivity index (χ0n) is 12.8. The zero-order valence-corrected chi connectivity index (χ0v) is 13.8. The molecule has 1 unspecified atom stereocenters. The first-order valence-corrected chi connectivity index (χ1v) is 9.69. The Kier molecular flexibility index (Phi) is 4.45. The molecule has 0 radical (unpaired) electrons. The molecule has 2 atom stereocenters. The third kappa shape index (κ3) is 3.24. The lowest BCUT2D eigenvalue weighted by Crippen LogP contribution is -2.43. The van der Waals surface area contributed by atoms with Gasteiger partial charge in [-0.25, -0.2) is 0 Å². The van der Waals surface area contributed by atoms with Crippen LogP contribution in [0, 0.1) is 5.92 Å². The van der Waals surface area contributed by atoms with Crippen LogP contribution >= 0.6 is 0 Å². The SMILES string of the molecule is C=CC(C)C1=C[C@H](O[Si](C)(C)C(C)(C)C)CC1=C. The first-order valence-electron chi connectivity index (χ1n) is 6.78. The van der Waals surface area contributed by atoms with Crippen LogP contribution in [0.1, 0.15) is 34.1 Å². The maximum absolute atomic E-state index is 6.43. The van der Waals surface area contributed by atoms with Crippen LogP contribution in [-0.2, 0) is 4.43 Å². The Morgan fingerprint density at radius 1 is 1.44 bits per heavy atom. The van der Waals surface area contributed by atoms with Crippen molar-refractivity contribution in [3.63, 3.8) is 0 Å². The minimum Gasteiger partial charge on any atom is -0.410 e. The fraction of sp³-hybridized carbons (Fsp3) is 0.625. The molecule has 102 valence electrons. The van der Waals surface area contributed by atoms with Crippen molar-refractivity contribution in [2.45, 2.75) is 58.4 Å². The molecule has 1 nitrogen and oxygen atoms in total. The summed E-state index contributed by atoms with van der Waals surface area (Å²) in [4.78, 5) is 0. The molecule has 0 saturated carbocycles. The molecule has 2 heteroatoms. The molecule has 1 rings (SSSR count). The van der Waals surface area contributed by atoms with Crippen LogP contribution in [0.4, 0.5) is 0 Å². The minimum absolute atomic E-state index is 0.218. The topological polar surface area (TPSA) is 9.23 Å². The molecule has 0 aromatic rings. The summed E-state index contributed by atoms with van der Waals surface area (Å²) in [5, 5.41) is 0.259. The van der Waals surface area contributed by atoms with Crippen molar-refractivity contribution >= 4 is 8.32 Å². The molecule has 1 aliphatic rings. The number of allylic oxidation sites excluding steroid dienone is 2. The van der Waals surface area contributed by atoms with Crippen molar-refractivity contribution in [1.29, 1.82) is 0 Å². The maximum atomic E-state index is 6.43. The van der Waals surface area contributed by atoms with Gasteiger partial charge in [-0.1, -0.05) is 46.4 Å². The van der Waals surface area contributed by atoms with Gasteiger partial charge in [-0.15, -0.1) is 6.58 Å². The van der Waals surface area contributed by atoms with Crippen LogP contribution in [0.15, 0.2) is 36.5 Å². The van der Waals surface area contributed by atoms with Crippen molar-refractivity contribution in [1.82, 2.24) is 0 Å². The van der Waals surface area contributed by atoms with Crippen molar-refractivity contribution in [3.05, 3.63) is 36.5 Å². The number of hydrogen-bond acceptors (Lipinski definition) is 1. The zero-order chi connectivity index (χ0) is 14.1. The highest BCUT2D eigenvalue weighted by atomic mass is 28.4.